The molecule has 0 bridgehead atoms. The number of fused-ring (bicyclic) bond motifs is 1. The van der Waals surface area contributed by atoms with Gasteiger partial charge in [0.15, 0.2) is 6.61 Å². The van der Waals surface area contributed by atoms with E-state index < -0.39 is 18.7 Å². The van der Waals surface area contributed by atoms with Crippen molar-refractivity contribution in [3.8, 4) is 5.75 Å². The zero-order valence-corrected chi connectivity index (χ0v) is 12.3. The fourth-order valence-electron chi connectivity index (χ4n) is 1.99. The van der Waals surface area contributed by atoms with Gasteiger partial charge in [0.25, 0.3) is 5.91 Å². The molecule has 0 heterocycles. The monoisotopic (exact) mass is 303 g/mol. The molecule has 1 amide bonds. The molecule has 0 radical (unpaired) electrons. The highest BCUT2D eigenvalue weighted by Crippen LogP contribution is 2.31. The lowest BCUT2D eigenvalue weighted by Crippen LogP contribution is -2.26. The minimum Gasteiger partial charge on any atom is -0.481 e. The Bertz CT molecular complexity index is 698. The van der Waals surface area contributed by atoms with Crippen molar-refractivity contribution in [2.75, 3.05) is 19.0 Å². The number of aliphatic carboxylic acids is 1. The van der Waals surface area contributed by atoms with Crippen molar-refractivity contribution in [1.82, 2.24) is 0 Å². The van der Waals surface area contributed by atoms with Crippen LogP contribution in [0.1, 0.15) is 6.92 Å². The van der Waals surface area contributed by atoms with Crippen LogP contribution in [0.3, 0.4) is 0 Å². The summed E-state index contributed by atoms with van der Waals surface area (Å²) in [6, 6.07) is 10.6. The van der Waals surface area contributed by atoms with Gasteiger partial charge >= 0.3 is 5.97 Å². The summed E-state index contributed by atoms with van der Waals surface area (Å²) in [7, 11) is 1.46. The molecule has 2 aromatic carbocycles. The van der Waals surface area contributed by atoms with Crippen LogP contribution in [0.4, 0.5) is 5.69 Å². The molecule has 116 valence electrons. The van der Waals surface area contributed by atoms with Crippen LogP contribution in [0.5, 0.6) is 5.75 Å². The van der Waals surface area contributed by atoms with Gasteiger partial charge in [0, 0.05) is 23.6 Å². The number of nitrogens with one attached hydrogen (secondary N) is 1. The summed E-state index contributed by atoms with van der Waals surface area (Å²) >= 11 is 0. The molecule has 0 saturated heterocycles. The first-order valence-electron chi connectivity index (χ1n) is 6.73. The fraction of sp³-hybridized carbons (Fsp3) is 0.250. The maximum atomic E-state index is 11.9. The summed E-state index contributed by atoms with van der Waals surface area (Å²) < 4.78 is 10.3. The molecule has 0 aliphatic carbocycles. The van der Waals surface area contributed by atoms with Crippen molar-refractivity contribution in [1.29, 1.82) is 0 Å². The van der Waals surface area contributed by atoms with E-state index in [1.54, 1.807) is 19.1 Å². The Morgan fingerprint density at radius 1 is 1.18 bits per heavy atom. The Morgan fingerprint density at radius 3 is 2.50 bits per heavy atom. The second-order valence-electron chi connectivity index (χ2n) is 4.71. The topological polar surface area (TPSA) is 84.9 Å². The first kappa shape index (κ1) is 15.8. The number of amides is 1. The average Bonchev–Trinajstić information content (AvgIpc) is 2.53. The summed E-state index contributed by atoms with van der Waals surface area (Å²) in [5, 5.41) is 13.0. The van der Waals surface area contributed by atoms with Gasteiger partial charge in [-0.2, -0.15) is 0 Å². The number of carboxylic acid groups (broad SMARTS) is 1. The summed E-state index contributed by atoms with van der Waals surface area (Å²) in [5.74, 6) is -0.849. The van der Waals surface area contributed by atoms with Crippen LogP contribution in [0.2, 0.25) is 0 Å². The van der Waals surface area contributed by atoms with Gasteiger partial charge in [0.1, 0.15) is 11.9 Å². The molecule has 2 aromatic rings. The van der Waals surface area contributed by atoms with Crippen LogP contribution in [0, 0.1) is 0 Å². The molecule has 0 spiro atoms. The van der Waals surface area contributed by atoms with E-state index in [0.29, 0.717) is 11.4 Å². The molecule has 22 heavy (non-hydrogen) atoms. The minimum atomic E-state index is -1.05. The number of rotatable bonds is 6. The van der Waals surface area contributed by atoms with Gasteiger partial charge in [0.2, 0.25) is 0 Å². The molecule has 0 saturated carbocycles. The summed E-state index contributed by atoms with van der Waals surface area (Å²) in [6.45, 7) is 1.23. The number of benzene rings is 2. The Morgan fingerprint density at radius 2 is 1.86 bits per heavy atom. The largest absolute Gasteiger partial charge is 0.481 e. The zero-order valence-electron chi connectivity index (χ0n) is 12.3. The average molecular weight is 303 g/mol. The minimum absolute atomic E-state index is 0.258. The molecule has 0 aromatic heterocycles. The van der Waals surface area contributed by atoms with Gasteiger partial charge in [-0.15, -0.1) is 0 Å². The van der Waals surface area contributed by atoms with E-state index in [-0.39, 0.29) is 5.91 Å². The number of ether oxygens (including phenoxy) is 2. The molecule has 0 fully saturated rings. The Hall–Kier alpha value is -2.60. The third-order valence-electron chi connectivity index (χ3n) is 3.22. The standard InChI is InChI=1S/C16H17NO5/c1-10(21-2)16(20)17-13-7-8-14(22-9-15(18)19)12-6-4-3-5-11(12)13/h3-8,10H,9H2,1-2H3,(H,17,20)(H,18,19)/t10-/m1/s1. The molecule has 6 nitrogen and oxygen atoms in total. The van der Waals surface area contributed by atoms with E-state index in [9.17, 15) is 9.59 Å². The van der Waals surface area contributed by atoms with Gasteiger partial charge in [-0.3, -0.25) is 4.79 Å². The van der Waals surface area contributed by atoms with E-state index in [4.69, 9.17) is 14.6 Å². The van der Waals surface area contributed by atoms with Crippen molar-refractivity contribution in [2.45, 2.75) is 13.0 Å². The van der Waals surface area contributed by atoms with Crippen LogP contribution in [-0.2, 0) is 14.3 Å². The van der Waals surface area contributed by atoms with Crippen LogP contribution in [0.25, 0.3) is 10.8 Å². The van der Waals surface area contributed by atoms with Gasteiger partial charge in [-0.1, -0.05) is 24.3 Å². The molecular weight excluding hydrogens is 286 g/mol. The van der Waals surface area contributed by atoms with Gasteiger partial charge in [-0.25, -0.2) is 4.79 Å². The van der Waals surface area contributed by atoms with E-state index in [0.717, 1.165) is 10.8 Å². The van der Waals surface area contributed by atoms with Gasteiger partial charge in [-0.05, 0) is 19.1 Å². The van der Waals surface area contributed by atoms with Crippen LogP contribution in [-0.4, -0.2) is 36.8 Å². The fourth-order valence-corrected chi connectivity index (χ4v) is 1.99. The van der Waals surface area contributed by atoms with Crippen molar-refractivity contribution in [2.24, 2.45) is 0 Å². The van der Waals surface area contributed by atoms with Crippen LogP contribution < -0.4 is 10.1 Å². The Kier molecular flexibility index (Phi) is 4.95. The molecule has 0 aliphatic rings. The van der Waals surface area contributed by atoms with E-state index in [1.165, 1.54) is 7.11 Å². The summed E-state index contributed by atoms with van der Waals surface area (Å²) in [6.07, 6.45) is -0.568. The quantitative estimate of drug-likeness (QED) is 0.855. The summed E-state index contributed by atoms with van der Waals surface area (Å²) in [5.41, 5.74) is 0.618. The molecule has 2 N–H and O–H groups in total. The molecule has 2 rings (SSSR count). The van der Waals surface area contributed by atoms with E-state index in [2.05, 4.69) is 5.32 Å². The van der Waals surface area contributed by atoms with Crippen molar-refractivity contribution < 1.29 is 24.2 Å². The summed E-state index contributed by atoms with van der Waals surface area (Å²) in [4.78, 5) is 22.6. The smallest absolute Gasteiger partial charge is 0.341 e. The van der Waals surface area contributed by atoms with Crippen molar-refractivity contribution in [3.05, 3.63) is 36.4 Å². The van der Waals surface area contributed by atoms with Crippen molar-refractivity contribution >= 4 is 28.3 Å². The first-order valence-corrected chi connectivity index (χ1v) is 6.73. The third-order valence-corrected chi connectivity index (χ3v) is 3.22. The van der Waals surface area contributed by atoms with E-state index >= 15 is 0 Å². The predicted molar refractivity (Wildman–Crippen MR) is 82.2 cm³/mol. The molecule has 1 atom stereocenters. The highest BCUT2D eigenvalue weighted by molar-refractivity contribution is 6.05. The second-order valence-corrected chi connectivity index (χ2v) is 4.71. The Balaban J connectivity index is 2.35. The van der Waals surface area contributed by atoms with Crippen LogP contribution in [0.15, 0.2) is 36.4 Å². The molecule has 0 aliphatic heterocycles. The predicted octanol–water partition coefficient (Wildman–Crippen LogP) is 2.28. The van der Waals surface area contributed by atoms with Crippen LogP contribution >= 0.6 is 0 Å². The number of carbonyl (C=O) groups excluding carboxylic acids is 1. The number of anilines is 1. The SMILES string of the molecule is CO[C@H](C)C(=O)Nc1ccc(OCC(=O)O)c2ccccc12. The van der Waals surface area contributed by atoms with Crippen molar-refractivity contribution in [3.63, 3.8) is 0 Å². The number of hydrogen-bond donors (Lipinski definition) is 2. The first-order chi connectivity index (χ1) is 10.5. The highest BCUT2D eigenvalue weighted by Gasteiger charge is 2.14. The Labute approximate surface area is 127 Å². The van der Waals surface area contributed by atoms with Gasteiger partial charge in [0.05, 0.1) is 0 Å². The lowest BCUT2D eigenvalue weighted by Gasteiger charge is -2.14. The number of hydrogen-bond acceptors (Lipinski definition) is 4. The maximum Gasteiger partial charge on any atom is 0.341 e. The maximum absolute atomic E-state index is 11.9. The number of carbonyl (C=O) groups is 2. The second kappa shape index (κ2) is 6.91. The molecular formula is C16H17NO5. The van der Waals surface area contributed by atoms with Gasteiger partial charge < -0.3 is 19.9 Å². The lowest BCUT2D eigenvalue weighted by atomic mass is 10.1. The number of carboxylic acids is 1. The number of methoxy groups -OCH3 is 1. The third kappa shape index (κ3) is 3.53. The normalized spacial score (nSPS) is 11.9. The molecule has 6 heteroatoms. The lowest BCUT2D eigenvalue weighted by molar-refractivity contribution is -0.139. The van der Waals surface area contributed by atoms with E-state index in [1.807, 2.05) is 24.3 Å². The highest BCUT2D eigenvalue weighted by atomic mass is 16.5. The zero-order chi connectivity index (χ0) is 16.1. The molecule has 0 unspecified atom stereocenters.